The molecule has 2 heteroatoms. The van der Waals surface area contributed by atoms with Gasteiger partial charge in [0.25, 0.3) is 0 Å². The van der Waals surface area contributed by atoms with Crippen LogP contribution < -0.4 is 5.32 Å². The molecule has 1 aliphatic carbocycles. The standard InChI is InChI=1S/C13H20N2/c1-11-5-3-4-6-13(9-11)15-8-7-14-10-12(15)2/h3,5-6,9,12,14H,4,7-8,10H2,1-2H3. The van der Waals surface area contributed by atoms with Crippen LogP contribution in [0, 0.1) is 0 Å². The Kier molecular flexibility index (Phi) is 3.27. The van der Waals surface area contributed by atoms with E-state index in [1.165, 1.54) is 11.3 Å². The zero-order valence-electron chi connectivity index (χ0n) is 9.66. The summed E-state index contributed by atoms with van der Waals surface area (Å²) in [6.07, 6.45) is 10.1. The van der Waals surface area contributed by atoms with E-state index in [9.17, 15) is 0 Å². The molecule has 82 valence electrons. The number of hydrogen-bond donors (Lipinski definition) is 1. The predicted molar refractivity (Wildman–Crippen MR) is 64.6 cm³/mol. The van der Waals surface area contributed by atoms with Gasteiger partial charge < -0.3 is 10.2 Å². The van der Waals surface area contributed by atoms with Gasteiger partial charge in [0.15, 0.2) is 0 Å². The number of nitrogens with one attached hydrogen (secondary N) is 1. The van der Waals surface area contributed by atoms with E-state index in [4.69, 9.17) is 0 Å². The van der Waals surface area contributed by atoms with Crippen molar-refractivity contribution in [2.45, 2.75) is 26.3 Å². The van der Waals surface area contributed by atoms with Crippen LogP contribution >= 0.6 is 0 Å². The molecule has 2 rings (SSSR count). The van der Waals surface area contributed by atoms with Crippen LogP contribution in [0.1, 0.15) is 20.3 Å². The third kappa shape index (κ3) is 2.51. The van der Waals surface area contributed by atoms with Crippen LogP contribution in [0.15, 0.2) is 35.6 Å². The first-order valence-corrected chi connectivity index (χ1v) is 5.80. The predicted octanol–water partition coefficient (Wildman–Crippen LogP) is 2.07. The van der Waals surface area contributed by atoms with Crippen LogP contribution in [0.3, 0.4) is 0 Å². The summed E-state index contributed by atoms with van der Waals surface area (Å²) < 4.78 is 0. The SMILES string of the molecule is CC1=CC(N2CCNCC2C)=CCC=C1. The summed E-state index contributed by atoms with van der Waals surface area (Å²) in [6.45, 7) is 7.77. The van der Waals surface area contributed by atoms with Crippen LogP contribution in [0.2, 0.25) is 0 Å². The highest BCUT2D eigenvalue weighted by Crippen LogP contribution is 2.18. The fraction of sp³-hybridized carbons (Fsp3) is 0.538. The van der Waals surface area contributed by atoms with E-state index in [-0.39, 0.29) is 0 Å². The van der Waals surface area contributed by atoms with Gasteiger partial charge in [-0.3, -0.25) is 0 Å². The number of rotatable bonds is 1. The molecule has 1 aliphatic heterocycles. The average Bonchev–Trinajstić information content (AvgIpc) is 2.43. The Morgan fingerprint density at radius 3 is 3.13 bits per heavy atom. The minimum Gasteiger partial charge on any atom is -0.367 e. The molecular weight excluding hydrogens is 184 g/mol. The second-order valence-electron chi connectivity index (χ2n) is 4.40. The second kappa shape index (κ2) is 4.67. The van der Waals surface area contributed by atoms with E-state index >= 15 is 0 Å². The van der Waals surface area contributed by atoms with Crippen LogP contribution in [-0.2, 0) is 0 Å². The first-order chi connectivity index (χ1) is 7.27. The molecular formula is C13H20N2. The summed E-state index contributed by atoms with van der Waals surface area (Å²) in [7, 11) is 0. The molecule has 1 saturated heterocycles. The molecule has 0 radical (unpaired) electrons. The van der Waals surface area contributed by atoms with E-state index in [2.05, 4.69) is 48.4 Å². The topological polar surface area (TPSA) is 15.3 Å². The van der Waals surface area contributed by atoms with Crippen molar-refractivity contribution >= 4 is 0 Å². The zero-order valence-corrected chi connectivity index (χ0v) is 9.66. The smallest absolute Gasteiger partial charge is 0.0386 e. The molecule has 0 amide bonds. The lowest BCUT2D eigenvalue weighted by molar-refractivity contribution is 0.229. The Bertz CT molecular complexity index is 312. The van der Waals surface area contributed by atoms with Crippen LogP contribution in [0.25, 0.3) is 0 Å². The van der Waals surface area contributed by atoms with Gasteiger partial charge in [0.1, 0.15) is 0 Å². The van der Waals surface area contributed by atoms with E-state index in [0.29, 0.717) is 6.04 Å². The highest BCUT2D eigenvalue weighted by atomic mass is 15.2. The van der Waals surface area contributed by atoms with E-state index < -0.39 is 0 Å². The van der Waals surface area contributed by atoms with Crippen molar-refractivity contribution in [1.29, 1.82) is 0 Å². The molecule has 1 N–H and O–H groups in total. The zero-order chi connectivity index (χ0) is 10.7. The molecule has 1 fully saturated rings. The van der Waals surface area contributed by atoms with Gasteiger partial charge >= 0.3 is 0 Å². The molecule has 0 saturated carbocycles. The highest BCUT2D eigenvalue weighted by Gasteiger charge is 2.18. The van der Waals surface area contributed by atoms with Gasteiger partial charge in [-0.05, 0) is 31.9 Å². The van der Waals surface area contributed by atoms with Gasteiger partial charge in [0, 0.05) is 31.4 Å². The first kappa shape index (κ1) is 10.5. The maximum Gasteiger partial charge on any atom is 0.0386 e. The summed E-state index contributed by atoms with van der Waals surface area (Å²) in [5, 5.41) is 3.43. The summed E-state index contributed by atoms with van der Waals surface area (Å²) in [6, 6.07) is 0.604. The van der Waals surface area contributed by atoms with Crippen molar-refractivity contribution in [3.05, 3.63) is 35.6 Å². The number of allylic oxidation sites excluding steroid dienone is 5. The minimum absolute atomic E-state index is 0.604. The highest BCUT2D eigenvalue weighted by molar-refractivity contribution is 5.32. The van der Waals surface area contributed by atoms with Crippen LogP contribution in [0.4, 0.5) is 0 Å². The lowest BCUT2D eigenvalue weighted by Gasteiger charge is -2.36. The Morgan fingerprint density at radius 1 is 1.47 bits per heavy atom. The summed E-state index contributed by atoms with van der Waals surface area (Å²) in [5.74, 6) is 0. The van der Waals surface area contributed by atoms with Crippen molar-refractivity contribution in [3.8, 4) is 0 Å². The lowest BCUT2D eigenvalue weighted by atomic mass is 10.1. The average molecular weight is 204 g/mol. The molecule has 1 atom stereocenters. The third-order valence-corrected chi connectivity index (χ3v) is 3.05. The normalized spacial score (nSPS) is 27.1. The summed E-state index contributed by atoms with van der Waals surface area (Å²) >= 11 is 0. The van der Waals surface area contributed by atoms with Gasteiger partial charge in [-0.15, -0.1) is 0 Å². The number of hydrogen-bond acceptors (Lipinski definition) is 2. The van der Waals surface area contributed by atoms with E-state index in [1.807, 2.05) is 0 Å². The largest absolute Gasteiger partial charge is 0.367 e. The quantitative estimate of drug-likeness (QED) is 0.703. The second-order valence-corrected chi connectivity index (χ2v) is 4.40. The molecule has 0 spiro atoms. The fourth-order valence-corrected chi connectivity index (χ4v) is 2.21. The maximum atomic E-state index is 3.43. The van der Waals surface area contributed by atoms with Gasteiger partial charge in [0.05, 0.1) is 0 Å². The Balaban J connectivity index is 2.15. The van der Waals surface area contributed by atoms with Crippen molar-refractivity contribution in [2.75, 3.05) is 19.6 Å². The molecule has 0 aromatic rings. The Labute approximate surface area is 92.3 Å². The minimum atomic E-state index is 0.604. The van der Waals surface area contributed by atoms with E-state index in [1.54, 1.807) is 0 Å². The third-order valence-electron chi connectivity index (χ3n) is 3.05. The summed E-state index contributed by atoms with van der Waals surface area (Å²) in [5.41, 5.74) is 2.75. The number of piperazine rings is 1. The van der Waals surface area contributed by atoms with Crippen molar-refractivity contribution < 1.29 is 0 Å². The maximum absolute atomic E-state index is 3.43. The van der Waals surface area contributed by atoms with Crippen molar-refractivity contribution in [3.63, 3.8) is 0 Å². The van der Waals surface area contributed by atoms with E-state index in [0.717, 1.165) is 26.1 Å². The molecule has 0 aromatic heterocycles. The van der Waals surface area contributed by atoms with Gasteiger partial charge in [0.2, 0.25) is 0 Å². The van der Waals surface area contributed by atoms with Gasteiger partial charge in [-0.25, -0.2) is 0 Å². The molecule has 2 aliphatic rings. The fourth-order valence-electron chi connectivity index (χ4n) is 2.21. The monoisotopic (exact) mass is 204 g/mol. The first-order valence-electron chi connectivity index (χ1n) is 5.80. The van der Waals surface area contributed by atoms with Crippen LogP contribution in [0.5, 0.6) is 0 Å². The molecule has 2 nitrogen and oxygen atoms in total. The molecule has 0 bridgehead atoms. The van der Waals surface area contributed by atoms with Gasteiger partial charge in [-0.2, -0.15) is 0 Å². The van der Waals surface area contributed by atoms with Crippen molar-refractivity contribution in [1.82, 2.24) is 10.2 Å². The summed E-state index contributed by atoms with van der Waals surface area (Å²) in [4.78, 5) is 2.51. The van der Waals surface area contributed by atoms with Gasteiger partial charge in [-0.1, -0.05) is 18.2 Å². The molecule has 1 unspecified atom stereocenters. The Hall–Kier alpha value is -1.02. The molecule has 1 heterocycles. The van der Waals surface area contributed by atoms with Crippen LogP contribution in [-0.4, -0.2) is 30.6 Å². The molecule has 0 aromatic carbocycles. The number of nitrogens with zero attached hydrogens (tertiary/aromatic N) is 1. The Morgan fingerprint density at radius 2 is 2.33 bits per heavy atom. The van der Waals surface area contributed by atoms with Crippen molar-refractivity contribution in [2.24, 2.45) is 0 Å². The lowest BCUT2D eigenvalue weighted by Crippen LogP contribution is -2.48. The molecule has 15 heavy (non-hydrogen) atoms.